The van der Waals surface area contributed by atoms with Gasteiger partial charge in [-0.2, -0.15) is 0 Å². The predicted octanol–water partition coefficient (Wildman–Crippen LogP) is 5.34. The molecule has 2 aromatic carbocycles. The van der Waals surface area contributed by atoms with Gasteiger partial charge in [-0.15, -0.1) is 0 Å². The quantitative estimate of drug-likeness (QED) is 0.765. The number of aryl methyl sites for hydroxylation is 1. The van der Waals surface area contributed by atoms with E-state index in [0.29, 0.717) is 22.7 Å². The number of Topliss-reactive ketones (excluding diaryl/α,β-unsaturated/α-hetero) is 1. The van der Waals surface area contributed by atoms with Crippen molar-refractivity contribution in [3.05, 3.63) is 69.9 Å². The van der Waals surface area contributed by atoms with E-state index in [4.69, 9.17) is 11.6 Å². The van der Waals surface area contributed by atoms with E-state index in [0.717, 1.165) is 35.4 Å². The second kappa shape index (κ2) is 7.75. The standard InChI is InChI=1S/C21H21ClN2O2/c1-13-6-3-4-7-17(13)24-21(26)15-10-11-16(22)19(12-15)23-18-8-5-9-20(25)14(18)2/h3-4,6-7,10-12,23H,5,8-9H2,1-2H3,(H,24,26). The van der Waals surface area contributed by atoms with Crippen molar-refractivity contribution in [1.82, 2.24) is 0 Å². The Balaban J connectivity index is 1.83. The molecule has 0 spiro atoms. The maximum Gasteiger partial charge on any atom is 0.255 e. The number of rotatable bonds is 4. The number of carbonyl (C=O) groups excluding carboxylic acids is 2. The third-order valence-electron chi connectivity index (χ3n) is 4.61. The molecule has 4 nitrogen and oxygen atoms in total. The Labute approximate surface area is 158 Å². The molecule has 0 radical (unpaired) electrons. The van der Waals surface area contributed by atoms with E-state index in [1.54, 1.807) is 18.2 Å². The smallest absolute Gasteiger partial charge is 0.255 e. The lowest BCUT2D eigenvalue weighted by molar-refractivity contribution is -0.116. The number of anilines is 2. The molecule has 2 aromatic rings. The molecule has 1 aliphatic carbocycles. The number of allylic oxidation sites excluding steroid dienone is 2. The molecule has 26 heavy (non-hydrogen) atoms. The molecule has 0 saturated heterocycles. The van der Waals surface area contributed by atoms with Gasteiger partial charge in [0.2, 0.25) is 0 Å². The summed E-state index contributed by atoms with van der Waals surface area (Å²) in [5, 5.41) is 6.67. The normalized spacial score (nSPS) is 14.3. The summed E-state index contributed by atoms with van der Waals surface area (Å²) in [5.74, 6) is -0.0484. The minimum Gasteiger partial charge on any atom is -0.357 e. The molecule has 5 heteroatoms. The van der Waals surface area contributed by atoms with Gasteiger partial charge < -0.3 is 10.6 Å². The summed E-state index contributed by atoms with van der Waals surface area (Å²) in [6.07, 6.45) is 2.21. The molecule has 134 valence electrons. The van der Waals surface area contributed by atoms with Gasteiger partial charge in [-0.3, -0.25) is 9.59 Å². The highest BCUT2D eigenvalue weighted by Crippen LogP contribution is 2.29. The van der Waals surface area contributed by atoms with Gasteiger partial charge in [0, 0.05) is 28.9 Å². The average molecular weight is 369 g/mol. The first kappa shape index (κ1) is 18.2. The summed E-state index contributed by atoms with van der Waals surface area (Å²) in [6, 6.07) is 12.7. The Morgan fingerprint density at radius 2 is 1.81 bits per heavy atom. The Hall–Kier alpha value is -2.59. The second-order valence-electron chi connectivity index (χ2n) is 6.47. The van der Waals surface area contributed by atoms with E-state index in [2.05, 4.69) is 10.6 Å². The topological polar surface area (TPSA) is 58.2 Å². The van der Waals surface area contributed by atoms with Crippen molar-refractivity contribution in [3.8, 4) is 0 Å². The molecule has 1 aliphatic rings. The molecular weight excluding hydrogens is 348 g/mol. The first-order valence-corrected chi connectivity index (χ1v) is 9.00. The molecule has 0 bridgehead atoms. The first-order valence-electron chi connectivity index (χ1n) is 8.62. The maximum atomic E-state index is 12.6. The highest BCUT2D eigenvalue weighted by Gasteiger charge is 2.18. The van der Waals surface area contributed by atoms with Crippen LogP contribution in [0, 0.1) is 6.92 Å². The first-order chi connectivity index (χ1) is 12.5. The van der Waals surface area contributed by atoms with Crippen molar-refractivity contribution in [2.24, 2.45) is 0 Å². The number of nitrogens with one attached hydrogen (secondary N) is 2. The maximum absolute atomic E-state index is 12.6. The molecule has 0 atom stereocenters. The minimum absolute atomic E-state index is 0.156. The third kappa shape index (κ3) is 3.97. The second-order valence-corrected chi connectivity index (χ2v) is 6.88. The third-order valence-corrected chi connectivity index (χ3v) is 4.94. The number of ketones is 1. The predicted molar refractivity (Wildman–Crippen MR) is 106 cm³/mol. The largest absolute Gasteiger partial charge is 0.357 e. The van der Waals surface area contributed by atoms with Crippen molar-refractivity contribution in [2.45, 2.75) is 33.1 Å². The van der Waals surface area contributed by atoms with Crippen LogP contribution in [0.2, 0.25) is 5.02 Å². The van der Waals surface area contributed by atoms with Crippen LogP contribution in [-0.4, -0.2) is 11.7 Å². The van der Waals surface area contributed by atoms with E-state index in [9.17, 15) is 9.59 Å². The molecule has 0 heterocycles. The van der Waals surface area contributed by atoms with Gasteiger partial charge in [-0.1, -0.05) is 29.8 Å². The molecule has 0 unspecified atom stereocenters. The molecule has 2 N–H and O–H groups in total. The van der Waals surface area contributed by atoms with Crippen LogP contribution in [0.1, 0.15) is 42.1 Å². The van der Waals surface area contributed by atoms with Gasteiger partial charge in [0.15, 0.2) is 5.78 Å². The van der Waals surface area contributed by atoms with Crippen LogP contribution >= 0.6 is 11.6 Å². The van der Waals surface area contributed by atoms with Crippen LogP contribution in [-0.2, 0) is 4.79 Å². The van der Waals surface area contributed by atoms with Gasteiger partial charge in [0.1, 0.15) is 0 Å². The van der Waals surface area contributed by atoms with Gasteiger partial charge in [0.25, 0.3) is 5.91 Å². The SMILES string of the molecule is CC1=C(Nc2cc(C(=O)Nc3ccccc3C)ccc2Cl)CCCC1=O. The molecule has 0 aromatic heterocycles. The van der Waals surface area contributed by atoms with Crippen molar-refractivity contribution in [1.29, 1.82) is 0 Å². The molecule has 0 aliphatic heterocycles. The van der Waals surface area contributed by atoms with Gasteiger partial charge in [0.05, 0.1) is 10.7 Å². The number of amides is 1. The minimum atomic E-state index is -0.204. The Bertz CT molecular complexity index is 903. The summed E-state index contributed by atoms with van der Waals surface area (Å²) < 4.78 is 0. The number of para-hydroxylation sites is 1. The summed E-state index contributed by atoms with van der Waals surface area (Å²) in [4.78, 5) is 24.5. The number of hydrogen-bond acceptors (Lipinski definition) is 3. The zero-order chi connectivity index (χ0) is 18.7. The summed E-state index contributed by atoms with van der Waals surface area (Å²) in [5.41, 5.74) is 4.52. The van der Waals surface area contributed by atoms with Crippen molar-refractivity contribution in [2.75, 3.05) is 10.6 Å². The van der Waals surface area contributed by atoms with E-state index in [-0.39, 0.29) is 11.7 Å². The summed E-state index contributed by atoms with van der Waals surface area (Å²) in [7, 11) is 0. The van der Waals surface area contributed by atoms with Gasteiger partial charge in [-0.05, 0) is 56.5 Å². The Morgan fingerprint density at radius 1 is 1.04 bits per heavy atom. The van der Waals surface area contributed by atoms with Crippen molar-refractivity contribution in [3.63, 3.8) is 0 Å². The molecule has 1 amide bonds. The summed E-state index contributed by atoms with van der Waals surface area (Å²) >= 11 is 6.29. The van der Waals surface area contributed by atoms with Crippen LogP contribution in [0.15, 0.2) is 53.7 Å². The molecule has 3 rings (SSSR count). The fourth-order valence-corrected chi connectivity index (χ4v) is 3.12. The molecular formula is C21H21ClN2O2. The van der Waals surface area contributed by atoms with Crippen LogP contribution < -0.4 is 10.6 Å². The zero-order valence-electron chi connectivity index (χ0n) is 14.9. The Morgan fingerprint density at radius 3 is 2.58 bits per heavy atom. The number of hydrogen-bond donors (Lipinski definition) is 2. The lowest BCUT2D eigenvalue weighted by atomic mass is 9.96. The van der Waals surface area contributed by atoms with E-state index < -0.39 is 0 Å². The average Bonchev–Trinajstić information content (AvgIpc) is 2.62. The van der Waals surface area contributed by atoms with E-state index in [1.165, 1.54) is 0 Å². The van der Waals surface area contributed by atoms with Gasteiger partial charge >= 0.3 is 0 Å². The van der Waals surface area contributed by atoms with Crippen LogP contribution in [0.3, 0.4) is 0 Å². The highest BCUT2D eigenvalue weighted by atomic mass is 35.5. The monoisotopic (exact) mass is 368 g/mol. The van der Waals surface area contributed by atoms with E-state index >= 15 is 0 Å². The number of carbonyl (C=O) groups is 2. The van der Waals surface area contributed by atoms with Crippen LogP contribution in [0.5, 0.6) is 0 Å². The number of benzene rings is 2. The Kier molecular flexibility index (Phi) is 5.43. The zero-order valence-corrected chi connectivity index (χ0v) is 15.6. The fourth-order valence-electron chi connectivity index (χ4n) is 2.96. The van der Waals surface area contributed by atoms with Crippen molar-refractivity contribution < 1.29 is 9.59 Å². The molecule has 0 saturated carbocycles. The fraction of sp³-hybridized carbons (Fsp3) is 0.238. The lowest BCUT2D eigenvalue weighted by Gasteiger charge is -2.19. The van der Waals surface area contributed by atoms with Crippen LogP contribution in [0.4, 0.5) is 11.4 Å². The van der Waals surface area contributed by atoms with Crippen molar-refractivity contribution >= 4 is 34.7 Å². The molecule has 0 fully saturated rings. The highest BCUT2D eigenvalue weighted by molar-refractivity contribution is 6.33. The van der Waals surface area contributed by atoms with E-state index in [1.807, 2.05) is 38.1 Å². The number of halogens is 1. The van der Waals surface area contributed by atoms with Crippen LogP contribution in [0.25, 0.3) is 0 Å². The summed E-state index contributed by atoms with van der Waals surface area (Å²) in [6.45, 7) is 3.77. The lowest BCUT2D eigenvalue weighted by Crippen LogP contribution is -2.16. The van der Waals surface area contributed by atoms with Gasteiger partial charge in [-0.25, -0.2) is 0 Å².